The molecule has 1 aromatic rings. The van der Waals surface area contributed by atoms with Gasteiger partial charge in [-0.2, -0.15) is 5.10 Å². The van der Waals surface area contributed by atoms with E-state index in [1.807, 2.05) is 19.1 Å². The second-order valence-electron chi connectivity index (χ2n) is 1.93. The van der Waals surface area contributed by atoms with Gasteiger partial charge in [0.2, 0.25) is 0 Å². The fraction of sp³-hybridized carbons (Fsp3) is 0.125. The lowest BCUT2D eigenvalue weighted by Crippen LogP contribution is -2.20. The van der Waals surface area contributed by atoms with Crippen molar-refractivity contribution in [3.63, 3.8) is 0 Å². The zero-order chi connectivity index (χ0) is 7.40. The summed E-state index contributed by atoms with van der Waals surface area (Å²) in [4.78, 5) is 0. The number of hydrogen-bond donors (Lipinski definition) is 1. The fourth-order valence-electron chi connectivity index (χ4n) is 0.787. The van der Waals surface area contributed by atoms with E-state index in [1.165, 1.54) is 0 Å². The average molecular weight is 134 g/mol. The Balaban J connectivity index is 3.41. The molecule has 0 spiro atoms. The van der Waals surface area contributed by atoms with E-state index < -0.39 is 0 Å². The molecule has 2 nitrogen and oxygen atoms in total. The molecule has 10 heavy (non-hydrogen) atoms. The maximum atomic E-state index is 3.88. The number of H-pyrrole nitrogens is 1. The summed E-state index contributed by atoms with van der Waals surface area (Å²) < 4.78 is 0. The molecule has 1 aromatic heterocycles. The third kappa shape index (κ3) is 1.16. The summed E-state index contributed by atoms with van der Waals surface area (Å²) in [7, 11) is 0. The van der Waals surface area contributed by atoms with E-state index in [1.54, 1.807) is 12.3 Å². The first kappa shape index (κ1) is 6.81. The normalized spacial score (nSPS) is 14.1. The number of hydrogen-bond acceptors (Lipinski definition) is 1. The first-order chi connectivity index (χ1) is 4.88. The molecule has 0 fully saturated rings. The molecule has 0 unspecified atom stereocenters. The molecule has 0 aromatic carbocycles. The van der Waals surface area contributed by atoms with Crippen LogP contribution in [0.1, 0.15) is 6.92 Å². The van der Waals surface area contributed by atoms with Crippen LogP contribution in [-0.4, -0.2) is 10.2 Å². The number of rotatable bonds is 1. The van der Waals surface area contributed by atoms with Crippen molar-refractivity contribution >= 4 is 12.2 Å². The number of aromatic amines is 1. The highest BCUT2D eigenvalue weighted by Gasteiger charge is 1.80. The summed E-state index contributed by atoms with van der Waals surface area (Å²) in [6.07, 6.45) is 7.41. The Morgan fingerprint density at radius 1 is 1.70 bits per heavy atom. The molecule has 0 amide bonds. The fourth-order valence-corrected chi connectivity index (χ4v) is 0.787. The summed E-state index contributed by atoms with van der Waals surface area (Å²) in [5.41, 5.74) is 0. The van der Waals surface area contributed by atoms with E-state index in [0.29, 0.717) is 0 Å². The second-order valence-corrected chi connectivity index (χ2v) is 1.93. The summed E-state index contributed by atoms with van der Waals surface area (Å²) in [6, 6.07) is 0. The predicted molar refractivity (Wildman–Crippen MR) is 42.6 cm³/mol. The third-order valence-electron chi connectivity index (χ3n) is 1.30. The molecule has 52 valence electrons. The standard InChI is InChI=1S/C8H10N2/c1-3-5-8-7(4-2)6-9-10-8/h3-6,10H,1H2,2H3/b7-4+,8-5+. The second kappa shape index (κ2) is 3.01. The Morgan fingerprint density at radius 3 is 3.10 bits per heavy atom. The molecule has 0 atom stereocenters. The Bertz CT molecular complexity index is 319. The summed E-state index contributed by atoms with van der Waals surface area (Å²) in [5.74, 6) is 0. The first-order valence-electron chi connectivity index (χ1n) is 3.17. The van der Waals surface area contributed by atoms with Crippen LogP contribution in [-0.2, 0) is 0 Å². The van der Waals surface area contributed by atoms with Crippen molar-refractivity contribution in [1.29, 1.82) is 0 Å². The average Bonchev–Trinajstić information content (AvgIpc) is 2.36. The van der Waals surface area contributed by atoms with Gasteiger partial charge in [-0.05, 0) is 13.0 Å². The van der Waals surface area contributed by atoms with E-state index in [0.717, 1.165) is 10.6 Å². The zero-order valence-electron chi connectivity index (χ0n) is 5.96. The van der Waals surface area contributed by atoms with Crippen LogP contribution in [0.5, 0.6) is 0 Å². The van der Waals surface area contributed by atoms with E-state index in [2.05, 4.69) is 16.8 Å². The molecule has 1 rings (SSSR count). The van der Waals surface area contributed by atoms with Crippen LogP contribution < -0.4 is 10.6 Å². The molecular weight excluding hydrogens is 124 g/mol. The highest BCUT2D eigenvalue weighted by atomic mass is 15.1. The lowest BCUT2D eigenvalue weighted by molar-refractivity contribution is 1.06. The minimum Gasteiger partial charge on any atom is -0.278 e. The molecule has 0 aliphatic carbocycles. The number of nitrogens with zero attached hydrogens (tertiary/aromatic N) is 1. The Morgan fingerprint density at radius 2 is 2.50 bits per heavy atom. The van der Waals surface area contributed by atoms with Gasteiger partial charge in [0, 0.05) is 5.22 Å². The van der Waals surface area contributed by atoms with Crippen LogP contribution in [0.4, 0.5) is 0 Å². The lowest BCUT2D eigenvalue weighted by atomic mass is 10.4. The molecule has 2 heteroatoms. The third-order valence-corrected chi connectivity index (χ3v) is 1.30. The van der Waals surface area contributed by atoms with Gasteiger partial charge in [-0.15, -0.1) is 0 Å². The van der Waals surface area contributed by atoms with Gasteiger partial charge in [-0.3, -0.25) is 5.10 Å². The maximum Gasteiger partial charge on any atom is 0.0646 e. The van der Waals surface area contributed by atoms with Crippen molar-refractivity contribution in [1.82, 2.24) is 10.2 Å². The summed E-state index contributed by atoms with van der Waals surface area (Å²) in [6.45, 7) is 5.57. The minimum absolute atomic E-state index is 1.01. The van der Waals surface area contributed by atoms with Gasteiger partial charge in [0.1, 0.15) is 0 Å². The molecule has 1 heterocycles. The molecule has 0 radical (unpaired) electrons. The van der Waals surface area contributed by atoms with Crippen molar-refractivity contribution in [2.24, 2.45) is 0 Å². The van der Waals surface area contributed by atoms with E-state index >= 15 is 0 Å². The van der Waals surface area contributed by atoms with E-state index in [9.17, 15) is 0 Å². The van der Waals surface area contributed by atoms with Gasteiger partial charge in [-0.25, -0.2) is 0 Å². The van der Waals surface area contributed by atoms with Crippen molar-refractivity contribution in [3.05, 3.63) is 29.4 Å². The van der Waals surface area contributed by atoms with E-state index in [4.69, 9.17) is 0 Å². The van der Waals surface area contributed by atoms with Crippen molar-refractivity contribution in [3.8, 4) is 0 Å². The molecule has 0 saturated heterocycles. The SMILES string of the molecule is C=C/C=c1/[nH]nc/c1=C\C. The monoisotopic (exact) mass is 134 g/mol. The molecule has 0 saturated carbocycles. The summed E-state index contributed by atoms with van der Waals surface area (Å²) >= 11 is 0. The predicted octanol–water partition coefficient (Wildman–Crippen LogP) is 0.177. The quantitative estimate of drug-likeness (QED) is 0.583. The largest absolute Gasteiger partial charge is 0.278 e. The van der Waals surface area contributed by atoms with Crippen molar-refractivity contribution < 1.29 is 0 Å². The number of aromatic nitrogens is 2. The number of allylic oxidation sites excluding steroid dienone is 1. The Labute approximate surface area is 59.6 Å². The lowest BCUT2D eigenvalue weighted by Gasteiger charge is -1.72. The van der Waals surface area contributed by atoms with Gasteiger partial charge >= 0.3 is 0 Å². The van der Waals surface area contributed by atoms with Crippen molar-refractivity contribution in [2.45, 2.75) is 6.92 Å². The molecule has 0 bridgehead atoms. The minimum atomic E-state index is 1.01. The van der Waals surface area contributed by atoms with Gasteiger partial charge in [0.25, 0.3) is 0 Å². The first-order valence-corrected chi connectivity index (χ1v) is 3.17. The van der Waals surface area contributed by atoms with Crippen LogP contribution in [0.3, 0.4) is 0 Å². The Hall–Kier alpha value is -1.31. The van der Waals surface area contributed by atoms with Crippen LogP contribution in [0.2, 0.25) is 0 Å². The van der Waals surface area contributed by atoms with Crippen molar-refractivity contribution in [2.75, 3.05) is 0 Å². The van der Waals surface area contributed by atoms with Gasteiger partial charge in [-0.1, -0.05) is 18.7 Å². The zero-order valence-corrected chi connectivity index (χ0v) is 5.96. The number of nitrogens with one attached hydrogen (secondary N) is 1. The molecule has 0 aliphatic heterocycles. The van der Waals surface area contributed by atoms with Gasteiger partial charge in [0.15, 0.2) is 0 Å². The Kier molecular flexibility index (Phi) is 2.05. The molecule has 1 N–H and O–H groups in total. The topological polar surface area (TPSA) is 28.7 Å². The smallest absolute Gasteiger partial charge is 0.0646 e. The van der Waals surface area contributed by atoms with Crippen LogP contribution >= 0.6 is 0 Å². The van der Waals surface area contributed by atoms with E-state index in [-0.39, 0.29) is 0 Å². The maximum absolute atomic E-state index is 3.88. The highest BCUT2D eigenvalue weighted by molar-refractivity contribution is 5.34. The molecule has 0 aliphatic rings. The highest BCUT2D eigenvalue weighted by Crippen LogP contribution is 1.62. The van der Waals surface area contributed by atoms with Crippen LogP contribution in [0.15, 0.2) is 18.9 Å². The molecular formula is C8H10N2. The van der Waals surface area contributed by atoms with Gasteiger partial charge in [0.05, 0.1) is 11.5 Å². The van der Waals surface area contributed by atoms with Crippen LogP contribution in [0, 0.1) is 0 Å². The summed E-state index contributed by atoms with van der Waals surface area (Å²) in [5, 5.41) is 8.85. The van der Waals surface area contributed by atoms with Gasteiger partial charge < -0.3 is 0 Å². The van der Waals surface area contributed by atoms with Crippen LogP contribution in [0.25, 0.3) is 12.2 Å².